The molecule has 0 saturated carbocycles. The highest BCUT2D eigenvalue weighted by Crippen LogP contribution is 2.22. The van der Waals surface area contributed by atoms with E-state index in [0.29, 0.717) is 11.1 Å². The Kier molecular flexibility index (Phi) is 1.87. The zero-order chi connectivity index (χ0) is 9.59. The first-order valence-electron chi connectivity index (χ1n) is 3.73. The SMILES string of the molecule is CN1C(=O)c2ccc(I)cc2C1=O. The molecule has 1 aromatic carbocycles. The smallest absolute Gasteiger partial charge is 0.261 e. The van der Waals surface area contributed by atoms with Crippen LogP contribution in [-0.4, -0.2) is 23.8 Å². The maximum absolute atomic E-state index is 11.5. The standard InChI is InChI=1S/C9H6INO2/c1-11-8(12)6-3-2-5(10)4-7(6)9(11)13/h2-4H,1H3. The number of nitrogens with zero attached hydrogens (tertiary/aromatic N) is 1. The van der Waals surface area contributed by atoms with Gasteiger partial charge in [0.1, 0.15) is 0 Å². The molecule has 4 heteroatoms. The van der Waals surface area contributed by atoms with Crippen LogP contribution in [0.15, 0.2) is 18.2 Å². The second-order valence-electron chi connectivity index (χ2n) is 2.86. The van der Waals surface area contributed by atoms with Crippen molar-refractivity contribution in [3.8, 4) is 0 Å². The molecule has 0 atom stereocenters. The number of carbonyl (C=O) groups excluding carboxylic acids is 2. The molecular formula is C9H6INO2. The van der Waals surface area contributed by atoms with Gasteiger partial charge in [0.25, 0.3) is 11.8 Å². The molecule has 2 amide bonds. The highest BCUT2D eigenvalue weighted by atomic mass is 127. The molecule has 0 saturated heterocycles. The van der Waals surface area contributed by atoms with Crippen LogP contribution in [0.1, 0.15) is 20.7 Å². The van der Waals surface area contributed by atoms with Crippen LogP contribution in [0.3, 0.4) is 0 Å². The van der Waals surface area contributed by atoms with Crippen LogP contribution in [0.4, 0.5) is 0 Å². The monoisotopic (exact) mass is 287 g/mol. The fourth-order valence-corrected chi connectivity index (χ4v) is 1.82. The topological polar surface area (TPSA) is 37.4 Å². The molecule has 66 valence electrons. The second-order valence-corrected chi connectivity index (χ2v) is 4.10. The molecule has 0 aliphatic carbocycles. The molecule has 1 heterocycles. The van der Waals surface area contributed by atoms with Gasteiger partial charge in [0.2, 0.25) is 0 Å². The Hall–Kier alpha value is -0.910. The van der Waals surface area contributed by atoms with E-state index in [0.717, 1.165) is 8.47 Å². The molecule has 0 N–H and O–H groups in total. The molecule has 3 nitrogen and oxygen atoms in total. The lowest BCUT2D eigenvalue weighted by molar-refractivity contribution is 0.0693. The van der Waals surface area contributed by atoms with E-state index in [9.17, 15) is 9.59 Å². The maximum Gasteiger partial charge on any atom is 0.261 e. The third-order valence-electron chi connectivity index (χ3n) is 2.05. The van der Waals surface area contributed by atoms with Gasteiger partial charge in [-0.15, -0.1) is 0 Å². The highest BCUT2D eigenvalue weighted by molar-refractivity contribution is 14.1. The number of rotatable bonds is 0. The van der Waals surface area contributed by atoms with Crippen LogP contribution >= 0.6 is 22.6 Å². The van der Waals surface area contributed by atoms with Gasteiger partial charge < -0.3 is 0 Å². The Morgan fingerprint density at radius 1 is 1.15 bits per heavy atom. The van der Waals surface area contributed by atoms with Gasteiger partial charge in [0, 0.05) is 10.6 Å². The van der Waals surface area contributed by atoms with E-state index in [1.54, 1.807) is 12.1 Å². The zero-order valence-corrected chi connectivity index (χ0v) is 9.03. The number of halogens is 1. The van der Waals surface area contributed by atoms with E-state index >= 15 is 0 Å². The van der Waals surface area contributed by atoms with Crippen molar-refractivity contribution in [1.82, 2.24) is 4.90 Å². The van der Waals surface area contributed by atoms with E-state index in [-0.39, 0.29) is 11.8 Å². The summed E-state index contributed by atoms with van der Waals surface area (Å²) in [7, 11) is 1.50. The minimum absolute atomic E-state index is 0.210. The summed E-state index contributed by atoms with van der Waals surface area (Å²) in [6, 6.07) is 5.25. The Balaban J connectivity index is 2.67. The summed E-state index contributed by atoms with van der Waals surface area (Å²) in [6.07, 6.45) is 0. The van der Waals surface area contributed by atoms with Gasteiger partial charge in [0.05, 0.1) is 11.1 Å². The highest BCUT2D eigenvalue weighted by Gasteiger charge is 2.32. The summed E-state index contributed by atoms with van der Waals surface area (Å²) in [5.74, 6) is -0.421. The van der Waals surface area contributed by atoms with Crippen LogP contribution in [0, 0.1) is 3.57 Å². The van der Waals surface area contributed by atoms with Gasteiger partial charge in [-0.1, -0.05) is 0 Å². The average Bonchev–Trinajstić information content (AvgIpc) is 2.32. The predicted octanol–water partition coefficient (Wildman–Crippen LogP) is 1.52. The minimum Gasteiger partial charge on any atom is -0.277 e. The van der Waals surface area contributed by atoms with Crippen LogP contribution in [0.25, 0.3) is 0 Å². The minimum atomic E-state index is -0.212. The van der Waals surface area contributed by atoms with Gasteiger partial charge in [-0.3, -0.25) is 14.5 Å². The maximum atomic E-state index is 11.5. The molecule has 0 spiro atoms. The van der Waals surface area contributed by atoms with Crippen molar-refractivity contribution in [2.24, 2.45) is 0 Å². The van der Waals surface area contributed by atoms with Crippen molar-refractivity contribution in [3.63, 3.8) is 0 Å². The van der Waals surface area contributed by atoms with Gasteiger partial charge in [-0.05, 0) is 40.8 Å². The van der Waals surface area contributed by atoms with Crippen LogP contribution < -0.4 is 0 Å². The van der Waals surface area contributed by atoms with Gasteiger partial charge >= 0.3 is 0 Å². The van der Waals surface area contributed by atoms with Crippen LogP contribution in [-0.2, 0) is 0 Å². The van der Waals surface area contributed by atoms with E-state index in [1.807, 2.05) is 6.07 Å². The fraction of sp³-hybridized carbons (Fsp3) is 0.111. The van der Waals surface area contributed by atoms with Crippen molar-refractivity contribution < 1.29 is 9.59 Å². The van der Waals surface area contributed by atoms with Gasteiger partial charge in [-0.2, -0.15) is 0 Å². The Morgan fingerprint density at radius 3 is 2.46 bits per heavy atom. The Labute approximate surface area is 88.9 Å². The first kappa shape index (κ1) is 8.68. The molecule has 1 aliphatic rings. The summed E-state index contributed by atoms with van der Waals surface area (Å²) < 4.78 is 0.966. The number of hydrogen-bond acceptors (Lipinski definition) is 2. The lowest BCUT2D eigenvalue weighted by atomic mass is 10.1. The van der Waals surface area contributed by atoms with E-state index in [1.165, 1.54) is 7.05 Å². The van der Waals surface area contributed by atoms with E-state index in [2.05, 4.69) is 22.6 Å². The predicted molar refractivity (Wildman–Crippen MR) is 55.6 cm³/mol. The van der Waals surface area contributed by atoms with Crippen molar-refractivity contribution in [2.75, 3.05) is 7.05 Å². The van der Waals surface area contributed by atoms with Crippen LogP contribution in [0.5, 0.6) is 0 Å². The number of carbonyl (C=O) groups is 2. The molecule has 2 rings (SSSR count). The zero-order valence-electron chi connectivity index (χ0n) is 6.87. The molecule has 0 fully saturated rings. The quantitative estimate of drug-likeness (QED) is 0.536. The summed E-state index contributed by atoms with van der Waals surface area (Å²) in [5, 5.41) is 0. The number of imide groups is 1. The Bertz CT molecular complexity index is 414. The number of benzene rings is 1. The molecule has 1 aliphatic heterocycles. The third-order valence-corrected chi connectivity index (χ3v) is 2.72. The third kappa shape index (κ3) is 1.16. The number of fused-ring (bicyclic) bond motifs is 1. The number of hydrogen-bond donors (Lipinski definition) is 0. The van der Waals surface area contributed by atoms with E-state index < -0.39 is 0 Å². The second kappa shape index (κ2) is 2.80. The molecule has 0 aromatic heterocycles. The average molecular weight is 287 g/mol. The molecule has 0 bridgehead atoms. The summed E-state index contributed by atoms with van der Waals surface area (Å²) >= 11 is 2.12. The molecule has 1 aromatic rings. The first-order valence-corrected chi connectivity index (χ1v) is 4.81. The summed E-state index contributed by atoms with van der Waals surface area (Å²) in [6.45, 7) is 0. The Morgan fingerprint density at radius 2 is 1.77 bits per heavy atom. The lowest BCUT2D eigenvalue weighted by Gasteiger charge is -2.02. The van der Waals surface area contributed by atoms with Crippen LogP contribution in [0.2, 0.25) is 0 Å². The van der Waals surface area contributed by atoms with Gasteiger partial charge in [0.15, 0.2) is 0 Å². The number of amides is 2. The largest absolute Gasteiger partial charge is 0.277 e. The molecule has 0 radical (unpaired) electrons. The normalized spacial score (nSPS) is 15.1. The molecule has 0 unspecified atom stereocenters. The first-order chi connectivity index (χ1) is 6.11. The summed E-state index contributed by atoms with van der Waals surface area (Å²) in [4.78, 5) is 24.0. The van der Waals surface area contributed by atoms with Gasteiger partial charge in [-0.25, -0.2) is 0 Å². The van der Waals surface area contributed by atoms with Crippen molar-refractivity contribution in [2.45, 2.75) is 0 Å². The van der Waals surface area contributed by atoms with Crippen molar-refractivity contribution >= 4 is 34.4 Å². The van der Waals surface area contributed by atoms with E-state index in [4.69, 9.17) is 0 Å². The van der Waals surface area contributed by atoms with Crippen molar-refractivity contribution in [1.29, 1.82) is 0 Å². The van der Waals surface area contributed by atoms with Crippen molar-refractivity contribution in [3.05, 3.63) is 32.9 Å². The lowest BCUT2D eigenvalue weighted by Crippen LogP contribution is -2.24. The summed E-state index contributed by atoms with van der Waals surface area (Å²) in [5.41, 5.74) is 1.02. The molecule has 13 heavy (non-hydrogen) atoms. The fourth-order valence-electron chi connectivity index (χ4n) is 1.33. The molecular weight excluding hydrogens is 281 g/mol.